The Morgan fingerprint density at radius 3 is 2.27 bits per heavy atom. The highest BCUT2D eigenvalue weighted by atomic mass is 32.2. The molecular formula is C22H33BO2S. The van der Waals surface area contributed by atoms with E-state index in [1.165, 1.54) is 44.1 Å². The quantitative estimate of drug-likeness (QED) is 0.305. The van der Waals surface area contributed by atoms with Crippen LogP contribution in [0.25, 0.3) is 0 Å². The SMILES string of the molecule is [2H]B([3H])CSOCC1[C@@H](C2CCC([C@H]3C(CO)[C@H]4C=C[C@@H]3C4)C2)[C@H]2C=C[C@@H]1C2. The first-order chi connectivity index (χ1) is 13.7. The van der Waals surface area contributed by atoms with Crippen LogP contribution in [-0.2, 0) is 4.18 Å². The fourth-order valence-electron chi connectivity index (χ4n) is 7.74. The zero-order chi connectivity index (χ0) is 19.3. The van der Waals surface area contributed by atoms with E-state index in [-0.39, 0.29) is 0 Å². The number of aliphatic hydroxyl groups excluding tert-OH is 1. The number of rotatable bonds is 8. The van der Waals surface area contributed by atoms with Crippen LogP contribution in [0.1, 0.15) is 32.1 Å². The Morgan fingerprint density at radius 1 is 1.00 bits per heavy atom. The molecule has 2 nitrogen and oxygen atoms in total. The van der Waals surface area contributed by atoms with Crippen molar-refractivity contribution in [2.75, 3.05) is 18.9 Å². The van der Waals surface area contributed by atoms with Gasteiger partial charge in [0.1, 0.15) is 7.77 Å². The van der Waals surface area contributed by atoms with Gasteiger partial charge in [0.05, 0.1) is 6.61 Å². The monoisotopic (exact) mass is 375 g/mol. The van der Waals surface area contributed by atoms with Crippen LogP contribution in [0.5, 0.6) is 0 Å². The molecule has 4 heteroatoms. The van der Waals surface area contributed by atoms with Crippen molar-refractivity contribution in [3.63, 3.8) is 0 Å². The molecule has 10 atom stereocenters. The van der Waals surface area contributed by atoms with Gasteiger partial charge in [-0.05, 0) is 112 Å². The summed E-state index contributed by atoms with van der Waals surface area (Å²) in [6.07, 6.45) is 16.4. The van der Waals surface area contributed by atoms with Crippen LogP contribution in [-0.4, -0.2) is 34.4 Å². The molecule has 5 aliphatic rings. The summed E-state index contributed by atoms with van der Waals surface area (Å²) in [6.45, 7) is 1.15. The van der Waals surface area contributed by atoms with Gasteiger partial charge in [0.25, 0.3) is 0 Å². The van der Waals surface area contributed by atoms with Crippen molar-refractivity contribution in [2.24, 2.45) is 59.2 Å². The maximum absolute atomic E-state index is 10.00. The third-order valence-electron chi connectivity index (χ3n) is 8.60. The third kappa shape index (κ3) is 2.86. The fourth-order valence-corrected chi connectivity index (χ4v) is 8.09. The van der Waals surface area contributed by atoms with Crippen molar-refractivity contribution in [3.05, 3.63) is 24.3 Å². The molecule has 4 unspecified atom stereocenters. The maximum atomic E-state index is 10.00. The van der Waals surface area contributed by atoms with Gasteiger partial charge in [-0.2, -0.15) is 0 Å². The fraction of sp³-hybridized carbons (Fsp3) is 0.818. The van der Waals surface area contributed by atoms with Gasteiger partial charge in [-0.15, -0.1) is 0 Å². The first-order valence-electron chi connectivity index (χ1n) is 11.9. The van der Waals surface area contributed by atoms with E-state index in [9.17, 15) is 5.11 Å². The van der Waals surface area contributed by atoms with E-state index in [0.717, 1.165) is 42.1 Å². The zero-order valence-electron chi connectivity index (χ0n) is 17.6. The largest absolute Gasteiger partial charge is 0.396 e. The lowest BCUT2D eigenvalue weighted by molar-refractivity contribution is 0.114. The molecule has 0 saturated heterocycles. The Kier molecular flexibility index (Phi) is 4.43. The summed E-state index contributed by atoms with van der Waals surface area (Å²) in [7, 11) is -0.799. The maximum Gasteiger partial charge on any atom is 0.117 e. The van der Waals surface area contributed by atoms with Gasteiger partial charge in [-0.25, -0.2) is 0 Å². The number of hydrogen-bond acceptors (Lipinski definition) is 3. The predicted octanol–water partition coefficient (Wildman–Crippen LogP) is 3.53. The van der Waals surface area contributed by atoms with E-state index in [1.807, 2.05) is 0 Å². The molecule has 1 N–H and O–H groups in total. The number of aliphatic hydroxyl groups is 1. The van der Waals surface area contributed by atoms with Crippen molar-refractivity contribution >= 4 is 19.8 Å². The minimum atomic E-state index is -0.799. The Morgan fingerprint density at radius 2 is 1.62 bits per heavy atom. The van der Waals surface area contributed by atoms with Crippen molar-refractivity contribution < 1.29 is 9.29 Å². The van der Waals surface area contributed by atoms with Crippen molar-refractivity contribution in [3.8, 4) is 0 Å². The van der Waals surface area contributed by atoms with Crippen molar-refractivity contribution in [1.82, 2.24) is 0 Å². The minimum absolute atomic E-state index is 0.370. The van der Waals surface area contributed by atoms with Crippen LogP contribution in [0.4, 0.5) is 0 Å². The number of allylic oxidation sites excluding steroid dienone is 4. The second-order valence-electron chi connectivity index (χ2n) is 9.46. The minimum Gasteiger partial charge on any atom is -0.396 e. The van der Waals surface area contributed by atoms with Gasteiger partial charge in [-0.1, -0.05) is 24.3 Å². The molecule has 0 radical (unpaired) electrons. The molecule has 5 rings (SSSR count). The lowest BCUT2D eigenvalue weighted by Gasteiger charge is -2.34. The van der Waals surface area contributed by atoms with E-state index >= 15 is 0 Å². The molecule has 3 saturated carbocycles. The van der Waals surface area contributed by atoms with E-state index < -0.39 is 7.77 Å². The van der Waals surface area contributed by atoms with E-state index in [1.54, 1.807) is 0 Å². The molecule has 0 amide bonds. The summed E-state index contributed by atoms with van der Waals surface area (Å²) in [6, 6.07) is 0. The molecular weight excluding hydrogens is 339 g/mol. The van der Waals surface area contributed by atoms with Crippen molar-refractivity contribution in [1.29, 1.82) is 2.67 Å². The Balaban J connectivity index is 1.22. The first kappa shape index (κ1) is 15.7. The summed E-state index contributed by atoms with van der Waals surface area (Å²) in [5.41, 5.74) is 0.438. The molecule has 142 valence electrons. The van der Waals surface area contributed by atoms with E-state index in [2.05, 4.69) is 24.3 Å². The summed E-state index contributed by atoms with van der Waals surface area (Å²) in [5, 5.41) is 10.00. The smallest absolute Gasteiger partial charge is 0.117 e. The molecule has 5 aliphatic carbocycles. The highest BCUT2D eigenvalue weighted by Crippen LogP contribution is 2.59. The molecule has 0 spiro atoms. The van der Waals surface area contributed by atoms with Gasteiger partial charge in [0, 0.05) is 6.61 Å². The lowest BCUT2D eigenvalue weighted by Crippen LogP contribution is -2.31. The number of hydrogen-bond donors (Lipinski definition) is 1. The molecule has 26 heavy (non-hydrogen) atoms. The molecule has 0 heterocycles. The normalized spacial score (nSPS) is 52.0. The van der Waals surface area contributed by atoms with Crippen LogP contribution < -0.4 is 0 Å². The van der Waals surface area contributed by atoms with Gasteiger partial charge in [0.2, 0.25) is 0 Å². The molecule has 0 aromatic carbocycles. The summed E-state index contributed by atoms with van der Waals surface area (Å²) < 4.78 is 20.5. The summed E-state index contributed by atoms with van der Waals surface area (Å²) in [5.74, 6) is 6.99. The average Bonchev–Trinajstić information content (AvgIpc) is 3.49. The Bertz CT molecular complexity index is 630. The Labute approximate surface area is 166 Å². The van der Waals surface area contributed by atoms with Gasteiger partial charge < -0.3 is 9.29 Å². The highest BCUT2D eigenvalue weighted by Gasteiger charge is 2.53. The average molecular weight is 375 g/mol. The van der Waals surface area contributed by atoms with Crippen LogP contribution in [0.15, 0.2) is 24.3 Å². The molecule has 0 aromatic rings. The van der Waals surface area contributed by atoms with Gasteiger partial charge in [-0.3, -0.25) is 0 Å². The second-order valence-corrected chi connectivity index (χ2v) is 10.3. The summed E-state index contributed by atoms with van der Waals surface area (Å²) in [4.78, 5) is 0. The highest BCUT2D eigenvalue weighted by molar-refractivity contribution is 7.95. The van der Waals surface area contributed by atoms with Crippen LogP contribution in [0.2, 0.25) is 0 Å². The predicted molar refractivity (Wildman–Crippen MR) is 110 cm³/mol. The second kappa shape index (κ2) is 7.33. The summed E-state index contributed by atoms with van der Waals surface area (Å²) >= 11 is 1.32. The van der Waals surface area contributed by atoms with Gasteiger partial charge >= 0.3 is 0 Å². The van der Waals surface area contributed by atoms with Crippen LogP contribution >= 0.6 is 12.0 Å². The van der Waals surface area contributed by atoms with Gasteiger partial charge in [0.15, 0.2) is 0 Å². The Hall–Kier alpha value is -0.185. The third-order valence-corrected chi connectivity index (χ3v) is 9.04. The molecule has 4 bridgehead atoms. The lowest BCUT2D eigenvalue weighted by atomic mass is 9.71. The zero-order valence-corrected chi connectivity index (χ0v) is 16.4. The molecule has 3 fully saturated rings. The topological polar surface area (TPSA) is 29.5 Å². The van der Waals surface area contributed by atoms with Crippen molar-refractivity contribution in [2.45, 2.75) is 32.1 Å². The first-order valence-corrected chi connectivity index (χ1v) is 11.6. The van der Waals surface area contributed by atoms with E-state index in [0.29, 0.717) is 35.9 Å². The van der Waals surface area contributed by atoms with Crippen LogP contribution in [0, 0.1) is 59.2 Å². The molecule has 0 aromatic heterocycles. The number of fused-ring (bicyclic) bond motifs is 4. The van der Waals surface area contributed by atoms with E-state index in [4.69, 9.17) is 6.85 Å². The molecule has 0 aliphatic heterocycles. The van der Waals surface area contributed by atoms with Crippen LogP contribution in [0.3, 0.4) is 0 Å². The standard InChI is InChI=1S/C22H33BO2S/c23-12-26-25-11-20-14-2-4-16(8-14)22(20)18-6-5-17(9-18)21-15-3-1-13(7-15)19(21)10-24/h1-4,13-22,24H,5-12,23H2/t13-,14+,15+,16-,17?,18?,19?,20?,21-,22+/m0/s1/i23TD.